The van der Waals surface area contributed by atoms with Gasteiger partial charge in [-0.3, -0.25) is 19.3 Å². The maximum atomic E-state index is 12.9. The highest BCUT2D eigenvalue weighted by atomic mass is 35.5. The Morgan fingerprint density at radius 2 is 1.33 bits per heavy atom. The molecule has 2 fully saturated rings. The lowest BCUT2D eigenvalue weighted by Gasteiger charge is -2.28. The van der Waals surface area contributed by atoms with Crippen molar-refractivity contribution in [1.29, 1.82) is 0 Å². The summed E-state index contributed by atoms with van der Waals surface area (Å²) in [5.74, 6) is -3.22. The first-order valence-corrected chi connectivity index (χ1v) is 13.4. The molecule has 0 spiro atoms. The van der Waals surface area contributed by atoms with Crippen LogP contribution in [0, 0.1) is 17.8 Å². The fourth-order valence-electron chi connectivity index (χ4n) is 4.52. The number of hydrogen-bond acceptors (Lipinski definition) is 7. The molecule has 0 radical (unpaired) electrons. The first-order chi connectivity index (χ1) is 18.5. The molecule has 0 unspecified atom stereocenters. The monoisotopic (exact) mass is 574 g/mol. The van der Waals surface area contributed by atoms with Gasteiger partial charge in [-0.15, -0.1) is 23.2 Å². The molecule has 2 aromatic rings. The highest BCUT2D eigenvalue weighted by Crippen LogP contribution is 2.43. The van der Waals surface area contributed by atoms with E-state index in [-0.39, 0.29) is 34.0 Å². The van der Waals surface area contributed by atoms with Gasteiger partial charge in [0.15, 0.2) is 6.61 Å². The summed E-state index contributed by atoms with van der Waals surface area (Å²) >= 11 is 12.4. The van der Waals surface area contributed by atoms with Crippen LogP contribution in [0.4, 0.5) is 11.4 Å². The fourth-order valence-corrected chi connectivity index (χ4v) is 5.11. The molecule has 1 aliphatic carbocycles. The number of ether oxygens (including phenoxy) is 2. The molecule has 206 valence electrons. The first kappa shape index (κ1) is 28.6. The second kappa shape index (κ2) is 12.2. The summed E-state index contributed by atoms with van der Waals surface area (Å²) in [6, 6.07) is 11.9. The third kappa shape index (κ3) is 6.59. The molecule has 39 heavy (non-hydrogen) atoms. The van der Waals surface area contributed by atoms with Crippen molar-refractivity contribution in [1.82, 2.24) is 0 Å². The topological polar surface area (TPSA) is 119 Å². The van der Waals surface area contributed by atoms with Crippen LogP contribution in [0.2, 0.25) is 0 Å². The number of nitrogens with zero attached hydrogens (tertiary/aromatic N) is 1. The molecule has 1 N–H and O–H groups in total. The zero-order valence-corrected chi connectivity index (χ0v) is 22.9. The molecular formula is C28H28Cl2N2O7. The van der Waals surface area contributed by atoms with Crippen LogP contribution < -0.4 is 10.2 Å². The number of amides is 3. The first-order valence-electron chi connectivity index (χ1n) is 12.5. The van der Waals surface area contributed by atoms with Crippen LogP contribution in [0.15, 0.2) is 48.5 Å². The largest absolute Gasteiger partial charge is 0.462 e. The van der Waals surface area contributed by atoms with Crippen LogP contribution in [0.3, 0.4) is 0 Å². The molecule has 1 saturated carbocycles. The summed E-state index contributed by atoms with van der Waals surface area (Å²) in [6.07, 6.45) is 0.672. The van der Waals surface area contributed by atoms with E-state index in [9.17, 15) is 24.0 Å². The number of nitrogens with one attached hydrogen (secondary N) is 1. The van der Waals surface area contributed by atoms with Gasteiger partial charge in [-0.25, -0.2) is 9.59 Å². The van der Waals surface area contributed by atoms with E-state index in [2.05, 4.69) is 5.32 Å². The van der Waals surface area contributed by atoms with Gasteiger partial charge in [0, 0.05) is 5.69 Å². The van der Waals surface area contributed by atoms with Crippen molar-refractivity contribution in [2.45, 2.75) is 37.4 Å². The average Bonchev–Trinajstić information content (AvgIpc) is 3.15. The van der Waals surface area contributed by atoms with Crippen molar-refractivity contribution in [2.75, 3.05) is 23.4 Å². The predicted molar refractivity (Wildman–Crippen MR) is 145 cm³/mol. The highest BCUT2D eigenvalue weighted by Gasteiger charge is 2.52. The number of halogens is 2. The van der Waals surface area contributed by atoms with Gasteiger partial charge < -0.3 is 14.8 Å². The number of imide groups is 1. The lowest BCUT2D eigenvalue weighted by Crippen LogP contribution is -2.34. The minimum atomic E-state index is -0.748. The van der Waals surface area contributed by atoms with Crippen molar-refractivity contribution in [3.05, 3.63) is 59.7 Å². The Morgan fingerprint density at radius 3 is 1.85 bits per heavy atom. The van der Waals surface area contributed by atoms with Gasteiger partial charge in [0.25, 0.3) is 5.91 Å². The number of esters is 2. The predicted octanol–water partition coefficient (Wildman–Crippen LogP) is 4.41. The zero-order valence-electron chi connectivity index (χ0n) is 21.4. The molecule has 4 rings (SSSR count). The lowest BCUT2D eigenvalue weighted by atomic mass is 9.80. The third-order valence-corrected chi connectivity index (χ3v) is 7.65. The van der Waals surface area contributed by atoms with Gasteiger partial charge in [0.2, 0.25) is 11.8 Å². The Labute approximate surface area is 235 Å². The molecule has 11 heteroatoms. The summed E-state index contributed by atoms with van der Waals surface area (Å²) in [4.78, 5) is 63.6. The third-order valence-electron chi connectivity index (χ3n) is 6.56. The summed E-state index contributed by atoms with van der Waals surface area (Å²) in [7, 11) is 0. The molecule has 2 aromatic carbocycles. The van der Waals surface area contributed by atoms with Crippen LogP contribution >= 0.6 is 23.2 Å². The van der Waals surface area contributed by atoms with E-state index in [1.54, 1.807) is 12.1 Å². The molecule has 3 amide bonds. The number of fused-ring (bicyclic) bond motifs is 1. The second-order valence-corrected chi connectivity index (χ2v) is 11.1. The summed E-state index contributed by atoms with van der Waals surface area (Å²) < 4.78 is 10.2. The molecule has 0 aromatic heterocycles. The highest BCUT2D eigenvalue weighted by molar-refractivity contribution is 6.31. The van der Waals surface area contributed by atoms with Crippen molar-refractivity contribution >= 4 is 64.2 Å². The Morgan fingerprint density at radius 1 is 0.846 bits per heavy atom. The Balaban J connectivity index is 1.29. The standard InChI is InChI=1S/C28H28Cl2N2O7/c1-15(2)13-38-27(36)16-3-7-18(8-4-16)31-24(33)14-39-28(37)17-5-9-19(10-6-17)32-25(34)20-11-22(29)23(30)12-21(20)26(32)35/h3-10,15,20-23H,11-14H2,1-2H3,(H,31,33)/t20-,21+,22-,23-/m0/s1. The molecule has 1 heterocycles. The SMILES string of the molecule is CC(C)COC(=O)c1ccc(NC(=O)COC(=O)c2ccc(N3C(=O)[C@H]4C[C@H](Cl)[C@@H](Cl)C[C@H]4C3=O)cc2)cc1. The van der Waals surface area contributed by atoms with E-state index in [0.717, 1.165) is 4.90 Å². The van der Waals surface area contributed by atoms with Crippen LogP contribution in [-0.2, 0) is 23.9 Å². The van der Waals surface area contributed by atoms with Gasteiger partial charge in [0.05, 0.1) is 46.0 Å². The average molecular weight is 575 g/mol. The van der Waals surface area contributed by atoms with Crippen molar-refractivity contribution in [2.24, 2.45) is 17.8 Å². The summed E-state index contributed by atoms with van der Waals surface area (Å²) in [6.45, 7) is 3.64. The maximum absolute atomic E-state index is 12.9. The Kier molecular flexibility index (Phi) is 8.92. The van der Waals surface area contributed by atoms with E-state index in [1.165, 1.54) is 36.4 Å². The number of alkyl halides is 2. The molecule has 4 atom stereocenters. The molecule has 1 saturated heterocycles. The van der Waals surface area contributed by atoms with Gasteiger partial charge in [0.1, 0.15) is 0 Å². The summed E-state index contributed by atoms with van der Waals surface area (Å²) in [5.41, 5.74) is 1.25. The number of hydrogen-bond donors (Lipinski definition) is 1. The number of anilines is 2. The van der Waals surface area contributed by atoms with E-state index >= 15 is 0 Å². The summed E-state index contributed by atoms with van der Waals surface area (Å²) in [5, 5.41) is 1.83. The molecular weight excluding hydrogens is 547 g/mol. The van der Waals surface area contributed by atoms with Crippen LogP contribution in [0.25, 0.3) is 0 Å². The van der Waals surface area contributed by atoms with E-state index in [0.29, 0.717) is 36.4 Å². The molecule has 0 bridgehead atoms. The van der Waals surface area contributed by atoms with Crippen molar-refractivity contribution in [3.63, 3.8) is 0 Å². The lowest BCUT2D eigenvalue weighted by molar-refractivity contribution is -0.122. The minimum absolute atomic E-state index is 0.147. The van der Waals surface area contributed by atoms with Gasteiger partial charge in [-0.05, 0) is 67.3 Å². The number of carbonyl (C=O) groups excluding carboxylic acids is 5. The fraction of sp³-hybridized carbons (Fsp3) is 0.393. The van der Waals surface area contributed by atoms with Crippen LogP contribution in [0.5, 0.6) is 0 Å². The van der Waals surface area contributed by atoms with Crippen molar-refractivity contribution in [3.8, 4) is 0 Å². The second-order valence-electron chi connectivity index (χ2n) is 9.97. The molecule has 9 nitrogen and oxygen atoms in total. The smallest absolute Gasteiger partial charge is 0.338 e. The molecule has 2 aliphatic rings. The minimum Gasteiger partial charge on any atom is -0.462 e. The Hall–Kier alpha value is -3.43. The number of benzene rings is 2. The van der Waals surface area contributed by atoms with E-state index in [4.69, 9.17) is 32.7 Å². The van der Waals surface area contributed by atoms with E-state index in [1.807, 2.05) is 13.8 Å². The maximum Gasteiger partial charge on any atom is 0.338 e. The zero-order chi connectivity index (χ0) is 28.3. The normalized spacial score (nSPS) is 22.4. The number of rotatable bonds is 8. The van der Waals surface area contributed by atoms with E-state index < -0.39 is 36.3 Å². The van der Waals surface area contributed by atoms with Gasteiger partial charge in [-0.2, -0.15) is 0 Å². The van der Waals surface area contributed by atoms with Crippen molar-refractivity contribution < 1.29 is 33.4 Å². The van der Waals surface area contributed by atoms with Crippen LogP contribution in [0.1, 0.15) is 47.4 Å². The van der Waals surface area contributed by atoms with Gasteiger partial charge >= 0.3 is 11.9 Å². The van der Waals surface area contributed by atoms with Crippen LogP contribution in [-0.4, -0.2) is 53.6 Å². The van der Waals surface area contributed by atoms with Gasteiger partial charge in [-0.1, -0.05) is 13.8 Å². The number of carbonyl (C=O) groups is 5. The quantitative estimate of drug-likeness (QED) is 0.281. The molecule has 1 aliphatic heterocycles. The Bertz CT molecular complexity index is 1240.